The molecule has 1 rings (SSSR count). The molecule has 0 aliphatic carbocycles. The number of hydrogen-bond donors (Lipinski definition) is 1. The van der Waals surface area contributed by atoms with Crippen LogP contribution in [0.2, 0.25) is 0 Å². The summed E-state index contributed by atoms with van der Waals surface area (Å²) in [6, 6.07) is 6.99. The third-order valence-electron chi connectivity index (χ3n) is 3.49. The SMILES string of the molecule is CCC(C)N(C)Cc1cc(CNC)ccc1OC. The van der Waals surface area contributed by atoms with Gasteiger partial charge in [0.25, 0.3) is 0 Å². The average molecular weight is 250 g/mol. The van der Waals surface area contributed by atoms with Crippen molar-refractivity contribution in [2.24, 2.45) is 0 Å². The fraction of sp³-hybridized carbons (Fsp3) is 0.600. The van der Waals surface area contributed by atoms with Gasteiger partial charge in [0.2, 0.25) is 0 Å². The molecule has 3 nitrogen and oxygen atoms in total. The second-order valence-corrected chi connectivity index (χ2v) is 4.85. The van der Waals surface area contributed by atoms with Crippen molar-refractivity contribution in [3.63, 3.8) is 0 Å². The Bertz CT molecular complexity index is 366. The van der Waals surface area contributed by atoms with Gasteiger partial charge >= 0.3 is 0 Å². The third-order valence-corrected chi connectivity index (χ3v) is 3.49. The van der Waals surface area contributed by atoms with E-state index >= 15 is 0 Å². The highest BCUT2D eigenvalue weighted by atomic mass is 16.5. The Morgan fingerprint density at radius 2 is 2.11 bits per heavy atom. The zero-order chi connectivity index (χ0) is 13.5. The predicted molar refractivity (Wildman–Crippen MR) is 77.0 cm³/mol. The van der Waals surface area contributed by atoms with Gasteiger partial charge in [0.05, 0.1) is 7.11 Å². The number of hydrogen-bond acceptors (Lipinski definition) is 3. The minimum atomic E-state index is 0.586. The van der Waals surface area contributed by atoms with E-state index < -0.39 is 0 Å². The summed E-state index contributed by atoms with van der Waals surface area (Å²) < 4.78 is 5.45. The third kappa shape index (κ3) is 4.00. The summed E-state index contributed by atoms with van der Waals surface area (Å²) in [5.41, 5.74) is 2.55. The van der Waals surface area contributed by atoms with E-state index in [0.717, 1.165) is 25.3 Å². The maximum absolute atomic E-state index is 5.45. The molecule has 1 aromatic rings. The van der Waals surface area contributed by atoms with Crippen LogP contribution >= 0.6 is 0 Å². The van der Waals surface area contributed by atoms with Crippen LogP contribution in [0.1, 0.15) is 31.4 Å². The molecule has 0 bridgehead atoms. The summed E-state index contributed by atoms with van der Waals surface area (Å²) in [6.07, 6.45) is 1.16. The Kier molecular flexibility index (Phi) is 6.16. The molecule has 0 saturated heterocycles. The van der Waals surface area contributed by atoms with Crippen molar-refractivity contribution in [1.82, 2.24) is 10.2 Å². The van der Waals surface area contributed by atoms with Crippen LogP contribution in [0.15, 0.2) is 18.2 Å². The molecule has 1 N–H and O–H groups in total. The van der Waals surface area contributed by atoms with Crippen LogP contribution in [0.3, 0.4) is 0 Å². The molecule has 0 amide bonds. The van der Waals surface area contributed by atoms with Crippen LogP contribution in [0.4, 0.5) is 0 Å². The van der Waals surface area contributed by atoms with Gasteiger partial charge in [0.15, 0.2) is 0 Å². The van der Waals surface area contributed by atoms with Crippen molar-refractivity contribution in [1.29, 1.82) is 0 Å². The van der Waals surface area contributed by atoms with Gasteiger partial charge < -0.3 is 10.1 Å². The zero-order valence-electron chi connectivity index (χ0n) is 12.3. The molecule has 0 aliphatic heterocycles. The molecule has 1 atom stereocenters. The molecule has 0 saturated carbocycles. The fourth-order valence-corrected chi connectivity index (χ4v) is 2.01. The van der Waals surface area contributed by atoms with Gasteiger partial charge in [0, 0.05) is 24.7 Å². The van der Waals surface area contributed by atoms with Crippen LogP contribution in [0.25, 0.3) is 0 Å². The lowest BCUT2D eigenvalue weighted by molar-refractivity contribution is 0.240. The summed E-state index contributed by atoms with van der Waals surface area (Å²) in [7, 11) is 5.87. The highest BCUT2D eigenvalue weighted by Crippen LogP contribution is 2.22. The number of rotatable bonds is 7. The van der Waals surface area contributed by atoms with E-state index in [9.17, 15) is 0 Å². The molecule has 18 heavy (non-hydrogen) atoms. The van der Waals surface area contributed by atoms with Crippen molar-refractivity contribution >= 4 is 0 Å². The lowest BCUT2D eigenvalue weighted by atomic mass is 10.1. The Morgan fingerprint density at radius 1 is 1.39 bits per heavy atom. The number of methoxy groups -OCH3 is 1. The van der Waals surface area contributed by atoms with Crippen LogP contribution < -0.4 is 10.1 Å². The van der Waals surface area contributed by atoms with E-state index in [4.69, 9.17) is 4.74 Å². The standard InChI is InChI=1S/C15H26N2O/c1-6-12(2)17(4)11-14-9-13(10-16-3)7-8-15(14)18-5/h7-9,12,16H,6,10-11H2,1-5H3. The predicted octanol–water partition coefficient (Wildman–Crippen LogP) is 2.64. The minimum Gasteiger partial charge on any atom is -0.496 e. The van der Waals surface area contributed by atoms with Gasteiger partial charge in [-0.05, 0) is 45.1 Å². The average Bonchev–Trinajstić information content (AvgIpc) is 2.38. The fourth-order valence-electron chi connectivity index (χ4n) is 2.01. The topological polar surface area (TPSA) is 24.5 Å². The second kappa shape index (κ2) is 7.39. The number of ether oxygens (including phenoxy) is 1. The molecule has 3 heteroatoms. The smallest absolute Gasteiger partial charge is 0.123 e. The van der Waals surface area contributed by atoms with Crippen LogP contribution in [-0.4, -0.2) is 32.1 Å². The first-order chi connectivity index (χ1) is 8.62. The lowest BCUT2D eigenvalue weighted by Gasteiger charge is -2.24. The van der Waals surface area contributed by atoms with E-state index in [-0.39, 0.29) is 0 Å². The highest BCUT2D eigenvalue weighted by molar-refractivity contribution is 5.37. The van der Waals surface area contributed by atoms with E-state index in [1.165, 1.54) is 11.1 Å². The summed E-state index contributed by atoms with van der Waals surface area (Å²) in [4.78, 5) is 2.36. The molecule has 0 spiro atoms. The molecule has 0 aromatic heterocycles. The molecule has 0 heterocycles. The molecule has 1 unspecified atom stereocenters. The Morgan fingerprint density at radius 3 is 2.67 bits per heavy atom. The molecule has 0 fully saturated rings. The Labute approximate surface area is 111 Å². The molecule has 1 aromatic carbocycles. The van der Waals surface area contributed by atoms with Crippen molar-refractivity contribution in [3.8, 4) is 5.75 Å². The maximum Gasteiger partial charge on any atom is 0.123 e. The van der Waals surface area contributed by atoms with Crippen LogP contribution in [0, 0.1) is 0 Å². The van der Waals surface area contributed by atoms with Gasteiger partial charge in [-0.25, -0.2) is 0 Å². The Balaban J connectivity index is 2.86. The normalized spacial score (nSPS) is 12.8. The van der Waals surface area contributed by atoms with Crippen molar-refractivity contribution in [3.05, 3.63) is 29.3 Å². The van der Waals surface area contributed by atoms with Gasteiger partial charge in [-0.1, -0.05) is 13.0 Å². The maximum atomic E-state index is 5.45. The van der Waals surface area contributed by atoms with Gasteiger partial charge in [-0.3, -0.25) is 4.90 Å². The van der Waals surface area contributed by atoms with Crippen molar-refractivity contribution in [2.45, 2.75) is 39.4 Å². The summed E-state index contributed by atoms with van der Waals surface area (Å²) in [6.45, 7) is 6.29. The summed E-state index contributed by atoms with van der Waals surface area (Å²) in [5, 5.41) is 3.18. The van der Waals surface area contributed by atoms with Crippen molar-refractivity contribution < 1.29 is 4.74 Å². The largest absolute Gasteiger partial charge is 0.496 e. The van der Waals surface area contributed by atoms with E-state index in [1.54, 1.807) is 7.11 Å². The molecule has 102 valence electrons. The molecule has 0 radical (unpaired) electrons. The van der Waals surface area contributed by atoms with Crippen molar-refractivity contribution in [2.75, 3.05) is 21.2 Å². The minimum absolute atomic E-state index is 0.586. The quantitative estimate of drug-likeness (QED) is 0.805. The number of nitrogens with zero attached hydrogens (tertiary/aromatic N) is 1. The Hall–Kier alpha value is -1.06. The highest BCUT2D eigenvalue weighted by Gasteiger charge is 2.11. The lowest BCUT2D eigenvalue weighted by Crippen LogP contribution is -2.28. The van der Waals surface area contributed by atoms with Crippen LogP contribution in [0.5, 0.6) is 5.75 Å². The number of nitrogens with one attached hydrogen (secondary N) is 1. The number of benzene rings is 1. The monoisotopic (exact) mass is 250 g/mol. The summed E-state index contributed by atoms with van der Waals surface area (Å²) >= 11 is 0. The van der Waals surface area contributed by atoms with Gasteiger partial charge in [-0.2, -0.15) is 0 Å². The molecule has 0 aliphatic rings. The first-order valence-corrected chi connectivity index (χ1v) is 6.63. The molecular formula is C15H26N2O. The first kappa shape index (κ1) is 15.0. The molecular weight excluding hydrogens is 224 g/mol. The summed E-state index contributed by atoms with van der Waals surface area (Å²) in [5.74, 6) is 0.977. The van der Waals surface area contributed by atoms with Crippen LogP contribution in [-0.2, 0) is 13.1 Å². The second-order valence-electron chi connectivity index (χ2n) is 4.85. The van der Waals surface area contributed by atoms with E-state index in [0.29, 0.717) is 6.04 Å². The van der Waals surface area contributed by atoms with Gasteiger partial charge in [0.1, 0.15) is 5.75 Å². The zero-order valence-corrected chi connectivity index (χ0v) is 12.3. The van der Waals surface area contributed by atoms with Gasteiger partial charge in [-0.15, -0.1) is 0 Å². The van der Waals surface area contributed by atoms with E-state index in [2.05, 4.69) is 49.3 Å². The first-order valence-electron chi connectivity index (χ1n) is 6.63. The van der Waals surface area contributed by atoms with E-state index in [1.807, 2.05) is 7.05 Å².